The average molecular weight is 358 g/mol. The van der Waals surface area contributed by atoms with Gasteiger partial charge in [-0.1, -0.05) is 25.5 Å². The van der Waals surface area contributed by atoms with E-state index in [4.69, 9.17) is 0 Å². The van der Waals surface area contributed by atoms with Crippen LogP contribution >= 0.6 is 0 Å². The van der Waals surface area contributed by atoms with E-state index in [2.05, 4.69) is 22.2 Å². The fraction of sp³-hybridized carbons (Fsp3) is 0.500. The molecule has 0 aliphatic carbocycles. The Morgan fingerprint density at radius 2 is 1.96 bits per heavy atom. The van der Waals surface area contributed by atoms with Crippen LogP contribution in [0.1, 0.15) is 54.0 Å². The van der Waals surface area contributed by atoms with Gasteiger partial charge in [0.1, 0.15) is 11.5 Å². The maximum Gasteiger partial charge on any atom is 0.269 e. The zero-order valence-electron chi connectivity index (χ0n) is 15.5. The van der Waals surface area contributed by atoms with Gasteiger partial charge in [-0.25, -0.2) is 4.39 Å². The van der Waals surface area contributed by atoms with Crippen LogP contribution in [-0.4, -0.2) is 40.2 Å². The smallest absolute Gasteiger partial charge is 0.269 e. The van der Waals surface area contributed by atoms with Crippen LogP contribution in [0.15, 0.2) is 30.3 Å². The Hall–Kier alpha value is -2.21. The first-order valence-corrected chi connectivity index (χ1v) is 9.39. The lowest BCUT2D eigenvalue weighted by atomic mass is 10.1. The summed E-state index contributed by atoms with van der Waals surface area (Å²) < 4.78 is 14.9. The van der Waals surface area contributed by atoms with E-state index in [9.17, 15) is 9.18 Å². The standard InChI is InChI=1S/C20H27FN4O/c1-3-6-17-13-18(24(2)23-17)20(26)22-14-19(25-11-4-5-12-25)15-7-9-16(21)10-8-15/h7-10,13,19H,3-6,11-12,14H2,1-2H3,(H,22,26)/t19-/m1/s1. The largest absolute Gasteiger partial charge is 0.349 e. The van der Waals surface area contributed by atoms with Crippen molar-refractivity contribution in [3.05, 3.63) is 53.1 Å². The van der Waals surface area contributed by atoms with Gasteiger partial charge in [0.25, 0.3) is 5.91 Å². The van der Waals surface area contributed by atoms with E-state index >= 15 is 0 Å². The molecule has 1 aliphatic rings. The zero-order chi connectivity index (χ0) is 18.5. The molecule has 0 radical (unpaired) electrons. The van der Waals surface area contributed by atoms with Crippen molar-refractivity contribution in [2.75, 3.05) is 19.6 Å². The van der Waals surface area contributed by atoms with Crippen molar-refractivity contribution < 1.29 is 9.18 Å². The van der Waals surface area contributed by atoms with Crippen LogP contribution in [0.25, 0.3) is 0 Å². The number of amides is 1. The first-order chi connectivity index (χ1) is 12.6. The summed E-state index contributed by atoms with van der Waals surface area (Å²) in [5, 5.41) is 7.45. The molecule has 1 fully saturated rings. The van der Waals surface area contributed by atoms with Crippen molar-refractivity contribution in [3.8, 4) is 0 Å². The second kappa shape index (κ2) is 8.45. The van der Waals surface area contributed by atoms with Gasteiger partial charge in [-0.15, -0.1) is 0 Å². The first-order valence-electron chi connectivity index (χ1n) is 9.39. The van der Waals surface area contributed by atoms with E-state index < -0.39 is 0 Å². The van der Waals surface area contributed by atoms with Crippen molar-refractivity contribution in [3.63, 3.8) is 0 Å². The van der Waals surface area contributed by atoms with Crippen molar-refractivity contribution in [2.24, 2.45) is 7.05 Å². The highest BCUT2D eigenvalue weighted by Gasteiger charge is 2.24. The van der Waals surface area contributed by atoms with Crippen LogP contribution in [0.3, 0.4) is 0 Å². The lowest BCUT2D eigenvalue weighted by molar-refractivity contribution is 0.0928. The molecule has 1 atom stereocenters. The number of aryl methyl sites for hydroxylation is 2. The molecule has 26 heavy (non-hydrogen) atoms. The highest BCUT2D eigenvalue weighted by atomic mass is 19.1. The van der Waals surface area contributed by atoms with Gasteiger partial charge in [-0.3, -0.25) is 14.4 Å². The fourth-order valence-corrected chi connectivity index (χ4v) is 3.59. The van der Waals surface area contributed by atoms with Gasteiger partial charge in [0, 0.05) is 13.6 Å². The predicted molar refractivity (Wildman–Crippen MR) is 99.5 cm³/mol. The number of benzene rings is 1. The van der Waals surface area contributed by atoms with E-state index in [1.807, 2.05) is 18.2 Å². The third-order valence-electron chi connectivity index (χ3n) is 4.96. The molecule has 1 saturated heterocycles. The molecule has 0 spiro atoms. The molecule has 2 aromatic rings. The minimum Gasteiger partial charge on any atom is -0.349 e. The number of carbonyl (C=O) groups is 1. The monoisotopic (exact) mass is 358 g/mol. The molecule has 3 rings (SSSR count). The zero-order valence-corrected chi connectivity index (χ0v) is 15.5. The van der Waals surface area contributed by atoms with E-state index in [-0.39, 0.29) is 17.8 Å². The lowest BCUT2D eigenvalue weighted by Crippen LogP contribution is -2.37. The Morgan fingerprint density at radius 1 is 1.27 bits per heavy atom. The molecular formula is C20H27FN4O. The molecule has 5 nitrogen and oxygen atoms in total. The fourth-order valence-electron chi connectivity index (χ4n) is 3.59. The summed E-state index contributed by atoms with van der Waals surface area (Å²) in [7, 11) is 1.80. The van der Waals surface area contributed by atoms with Crippen molar-refractivity contribution in [1.82, 2.24) is 20.0 Å². The molecule has 2 heterocycles. The molecule has 0 saturated carbocycles. The number of carbonyl (C=O) groups excluding carboxylic acids is 1. The number of hydrogen-bond donors (Lipinski definition) is 1. The second-order valence-electron chi connectivity index (χ2n) is 6.91. The second-order valence-corrected chi connectivity index (χ2v) is 6.91. The van der Waals surface area contributed by atoms with E-state index in [1.54, 1.807) is 11.7 Å². The summed E-state index contributed by atoms with van der Waals surface area (Å²) in [5.41, 5.74) is 2.55. The molecular weight excluding hydrogens is 331 g/mol. The predicted octanol–water partition coefficient (Wildman–Crippen LogP) is 3.08. The topological polar surface area (TPSA) is 50.2 Å². The van der Waals surface area contributed by atoms with E-state index in [0.717, 1.165) is 50.0 Å². The number of aromatic nitrogens is 2. The number of nitrogens with one attached hydrogen (secondary N) is 1. The van der Waals surface area contributed by atoms with Gasteiger partial charge in [-0.2, -0.15) is 5.10 Å². The van der Waals surface area contributed by atoms with Crippen LogP contribution in [0.2, 0.25) is 0 Å². The normalized spacial score (nSPS) is 16.0. The van der Waals surface area contributed by atoms with Crippen LogP contribution in [0.4, 0.5) is 4.39 Å². The van der Waals surface area contributed by atoms with Gasteiger partial charge < -0.3 is 5.32 Å². The minimum atomic E-state index is -0.240. The Morgan fingerprint density at radius 3 is 2.62 bits per heavy atom. The van der Waals surface area contributed by atoms with Crippen LogP contribution in [0.5, 0.6) is 0 Å². The molecule has 1 amide bonds. The number of likely N-dealkylation sites (tertiary alicyclic amines) is 1. The first kappa shape index (κ1) is 18.6. The summed E-state index contributed by atoms with van der Waals surface area (Å²) in [6.45, 7) is 4.60. The molecule has 0 bridgehead atoms. The van der Waals surface area contributed by atoms with Gasteiger partial charge in [0.15, 0.2) is 0 Å². The summed E-state index contributed by atoms with van der Waals surface area (Å²) in [6, 6.07) is 8.52. The SMILES string of the molecule is CCCc1cc(C(=O)NC[C@H](c2ccc(F)cc2)N2CCCC2)n(C)n1. The maximum absolute atomic E-state index is 13.3. The molecule has 6 heteroatoms. The number of hydrogen-bond acceptors (Lipinski definition) is 3. The van der Waals surface area contributed by atoms with Crippen LogP contribution < -0.4 is 5.32 Å². The molecule has 0 unspecified atom stereocenters. The third kappa shape index (κ3) is 4.30. The van der Waals surface area contributed by atoms with Crippen molar-refractivity contribution >= 4 is 5.91 Å². The highest BCUT2D eigenvalue weighted by molar-refractivity contribution is 5.92. The summed E-state index contributed by atoms with van der Waals surface area (Å²) >= 11 is 0. The molecule has 1 aliphatic heterocycles. The number of halogens is 1. The molecule has 140 valence electrons. The number of nitrogens with zero attached hydrogens (tertiary/aromatic N) is 3. The summed E-state index contributed by atoms with van der Waals surface area (Å²) in [5.74, 6) is -0.357. The van der Waals surface area contributed by atoms with Crippen molar-refractivity contribution in [2.45, 2.75) is 38.6 Å². The Balaban J connectivity index is 1.71. The summed E-state index contributed by atoms with van der Waals surface area (Å²) in [4.78, 5) is 15.0. The van der Waals surface area contributed by atoms with Crippen LogP contribution in [-0.2, 0) is 13.5 Å². The van der Waals surface area contributed by atoms with Gasteiger partial charge in [0.2, 0.25) is 0 Å². The number of rotatable bonds is 7. The average Bonchev–Trinajstić information content (AvgIpc) is 3.27. The third-order valence-corrected chi connectivity index (χ3v) is 4.96. The molecule has 1 N–H and O–H groups in total. The Labute approximate surface area is 154 Å². The van der Waals surface area contributed by atoms with Gasteiger partial charge >= 0.3 is 0 Å². The highest BCUT2D eigenvalue weighted by Crippen LogP contribution is 2.25. The van der Waals surface area contributed by atoms with Crippen molar-refractivity contribution in [1.29, 1.82) is 0 Å². The molecule has 1 aromatic carbocycles. The molecule has 1 aromatic heterocycles. The maximum atomic E-state index is 13.3. The Kier molecular flexibility index (Phi) is 6.04. The minimum absolute atomic E-state index is 0.0605. The van der Waals surface area contributed by atoms with Gasteiger partial charge in [0.05, 0.1) is 11.7 Å². The van der Waals surface area contributed by atoms with E-state index in [0.29, 0.717) is 12.2 Å². The van der Waals surface area contributed by atoms with E-state index in [1.165, 1.54) is 12.1 Å². The van der Waals surface area contributed by atoms with Crippen LogP contribution in [0, 0.1) is 5.82 Å². The van der Waals surface area contributed by atoms with Gasteiger partial charge in [-0.05, 0) is 56.1 Å². The lowest BCUT2D eigenvalue weighted by Gasteiger charge is -2.28. The summed E-state index contributed by atoms with van der Waals surface area (Å²) in [6.07, 6.45) is 4.19. The Bertz CT molecular complexity index is 735. The quantitative estimate of drug-likeness (QED) is 0.827.